The number of para-hydroxylation sites is 1. The second-order valence-corrected chi connectivity index (χ2v) is 7.28. The second-order valence-electron chi connectivity index (χ2n) is 6.88. The highest BCUT2D eigenvalue weighted by molar-refractivity contribution is 6.32. The fraction of sp³-hybridized carbons (Fsp3) is 0.588. The minimum absolute atomic E-state index is 0.0776. The largest absolute Gasteiger partial charge is 0.506 e. The van der Waals surface area contributed by atoms with Gasteiger partial charge in [0.15, 0.2) is 0 Å². The Kier molecular flexibility index (Phi) is 7.16. The number of amides is 1. The van der Waals surface area contributed by atoms with Crippen molar-refractivity contribution < 1.29 is 14.6 Å². The van der Waals surface area contributed by atoms with Gasteiger partial charge in [0.2, 0.25) is 0 Å². The highest BCUT2D eigenvalue weighted by atomic mass is 35.5. The zero-order chi connectivity index (χ0) is 17.6. The minimum Gasteiger partial charge on any atom is -0.506 e. The molecule has 1 amide bonds. The van der Waals surface area contributed by atoms with Gasteiger partial charge < -0.3 is 20.5 Å². The minimum atomic E-state index is -0.522. The lowest BCUT2D eigenvalue weighted by Crippen LogP contribution is -2.46. The van der Waals surface area contributed by atoms with Crippen LogP contribution in [0.15, 0.2) is 18.2 Å². The number of nitrogens with one attached hydrogen (secondary N) is 2. The first-order valence-corrected chi connectivity index (χ1v) is 8.14. The van der Waals surface area contributed by atoms with Crippen molar-refractivity contribution in [3.8, 4) is 5.75 Å². The topological polar surface area (TPSA) is 70.6 Å². The van der Waals surface area contributed by atoms with Crippen molar-refractivity contribution in [1.82, 2.24) is 10.6 Å². The number of carbonyl (C=O) groups excluding carboxylic acids is 1. The van der Waals surface area contributed by atoms with Gasteiger partial charge in [-0.1, -0.05) is 37.6 Å². The van der Waals surface area contributed by atoms with Crippen LogP contribution in [0.4, 0.5) is 4.79 Å². The first-order valence-electron chi connectivity index (χ1n) is 7.76. The summed E-state index contributed by atoms with van der Waals surface area (Å²) in [6.45, 7) is 10.6. The van der Waals surface area contributed by atoms with E-state index >= 15 is 0 Å². The third-order valence-corrected chi connectivity index (χ3v) is 3.56. The molecule has 0 aliphatic heterocycles. The number of rotatable bonds is 6. The van der Waals surface area contributed by atoms with Gasteiger partial charge in [-0.2, -0.15) is 0 Å². The first kappa shape index (κ1) is 19.6. The second kappa shape index (κ2) is 8.41. The molecule has 0 heterocycles. The van der Waals surface area contributed by atoms with Crippen molar-refractivity contribution in [2.45, 2.75) is 52.8 Å². The highest BCUT2D eigenvalue weighted by Crippen LogP contribution is 2.26. The van der Waals surface area contributed by atoms with E-state index < -0.39 is 11.7 Å². The summed E-state index contributed by atoms with van der Waals surface area (Å²) in [5.74, 6) is 0.325. The maximum atomic E-state index is 11.9. The molecule has 1 unspecified atom stereocenters. The Morgan fingerprint density at radius 1 is 1.35 bits per heavy atom. The molecule has 0 aliphatic carbocycles. The third-order valence-electron chi connectivity index (χ3n) is 3.26. The van der Waals surface area contributed by atoms with Crippen molar-refractivity contribution >= 4 is 17.7 Å². The lowest BCUT2D eigenvalue weighted by atomic mass is 10.0. The summed E-state index contributed by atoms with van der Waals surface area (Å²) in [6, 6.07) is 5.16. The quantitative estimate of drug-likeness (QED) is 0.737. The number of alkyl carbamates (subject to hydrolysis) is 1. The van der Waals surface area contributed by atoms with E-state index in [2.05, 4.69) is 10.6 Å². The summed E-state index contributed by atoms with van der Waals surface area (Å²) in [6.07, 6.45) is -0.427. The van der Waals surface area contributed by atoms with Crippen molar-refractivity contribution in [3.05, 3.63) is 28.8 Å². The predicted octanol–water partition coefficient (Wildman–Crippen LogP) is 3.68. The summed E-state index contributed by atoms with van der Waals surface area (Å²) < 4.78 is 5.28. The van der Waals surface area contributed by atoms with Gasteiger partial charge in [-0.3, -0.25) is 0 Å². The lowest BCUT2D eigenvalue weighted by Gasteiger charge is -2.26. The van der Waals surface area contributed by atoms with Gasteiger partial charge in [0.05, 0.1) is 5.02 Å². The van der Waals surface area contributed by atoms with Gasteiger partial charge in [-0.25, -0.2) is 4.79 Å². The Labute approximate surface area is 143 Å². The molecule has 5 nitrogen and oxygen atoms in total. The van der Waals surface area contributed by atoms with Crippen LogP contribution in [0.2, 0.25) is 5.02 Å². The molecule has 6 heteroatoms. The van der Waals surface area contributed by atoms with E-state index in [9.17, 15) is 9.90 Å². The average Bonchev–Trinajstić information content (AvgIpc) is 2.40. The number of ether oxygens (including phenoxy) is 1. The molecule has 1 rings (SSSR count). The Balaban J connectivity index is 2.54. The molecule has 0 saturated heterocycles. The molecule has 0 aromatic heterocycles. The van der Waals surface area contributed by atoms with E-state index in [0.29, 0.717) is 18.1 Å². The Morgan fingerprint density at radius 2 is 2.00 bits per heavy atom. The van der Waals surface area contributed by atoms with Gasteiger partial charge >= 0.3 is 6.09 Å². The number of aromatic hydroxyl groups is 1. The molecule has 1 aromatic rings. The number of hydrogen-bond acceptors (Lipinski definition) is 4. The molecule has 3 N–H and O–H groups in total. The zero-order valence-electron chi connectivity index (χ0n) is 14.4. The van der Waals surface area contributed by atoms with Crippen molar-refractivity contribution in [3.63, 3.8) is 0 Å². The van der Waals surface area contributed by atoms with Crippen molar-refractivity contribution in [2.24, 2.45) is 5.92 Å². The molecular formula is C17H27ClN2O3. The van der Waals surface area contributed by atoms with Crippen LogP contribution in [0.3, 0.4) is 0 Å². The van der Waals surface area contributed by atoms with Gasteiger partial charge in [-0.15, -0.1) is 0 Å². The Morgan fingerprint density at radius 3 is 2.57 bits per heavy atom. The van der Waals surface area contributed by atoms with E-state index in [1.807, 2.05) is 34.6 Å². The van der Waals surface area contributed by atoms with Gasteiger partial charge in [0.1, 0.15) is 11.4 Å². The Hall–Kier alpha value is -1.46. The average molecular weight is 343 g/mol. The predicted molar refractivity (Wildman–Crippen MR) is 92.8 cm³/mol. The summed E-state index contributed by atoms with van der Waals surface area (Å²) in [4.78, 5) is 11.9. The molecule has 1 aromatic carbocycles. The van der Waals surface area contributed by atoms with Crippen LogP contribution in [0.5, 0.6) is 5.75 Å². The summed E-state index contributed by atoms with van der Waals surface area (Å²) in [5, 5.41) is 16.3. The van der Waals surface area contributed by atoms with E-state index in [-0.39, 0.29) is 17.7 Å². The summed E-state index contributed by atoms with van der Waals surface area (Å²) in [7, 11) is 0. The van der Waals surface area contributed by atoms with Crippen molar-refractivity contribution in [2.75, 3.05) is 6.54 Å². The van der Waals surface area contributed by atoms with Crippen LogP contribution in [-0.2, 0) is 11.3 Å². The molecule has 0 saturated carbocycles. The number of carbonyl (C=O) groups is 1. The molecule has 0 fully saturated rings. The molecule has 23 heavy (non-hydrogen) atoms. The van der Waals surface area contributed by atoms with E-state index in [4.69, 9.17) is 16.3 Å². The highest BCUT2D eigenvalue weighted by Gasteiger charge is 2.21. The molecule has 0 aliphatic rings. The molecule has 0 radical (unpaired) electrons. The molecular weight excluding hydrogens is 316 g/mol. The smallest absolute Gasteiger partial charge is 0.407 e. The summed E-state index contributed by atoms with van der Waals surface area (Å²) in [5.41, 5.74) is 0.197. The molecule has 0 spiro atoms. The van der Waals surface area contributed by atoms with Crippen LogP contribution in [0.25, 0.3) is 0 Å². The lowest BCUT2D eigenvalue weighted by molar-refractivity contribution is 0.0490. The fourth-order valence-electron chi connectivity index (χ4n) is 1.98. The van der Waals surface area contributed by atoms with Gasteiger partial charge in [0, 0.05) is 24.7 Å². The van der Waals surface area contributed by atoms with Gasteiger partial charge in [0.25, 0.3) is 0 Å². The van der Waals surface area contributed by atoms with Gasteiger partial charge in [-0.05, 0) is 32.8 Å². The monoisotopic (exact) mass is 342 g/mol. The third kappa shape index (κ3) is 7.10. The van der Waals surface area contributed by atoms with E-state index in [0.717, 1.165) is 5.56 Å². The number of phenols is 1. The van der Waals surface area contributed by atoms with Crippen LogP contribution in [0, 0.1) is 5.92 Å². The molecule has 0 bridgehead atoms. The standard InChI is InChI=1S/C17H27ClN2O3/c1-11(2)14(20-16(22)23-17(3,4)5)10-19-9-12-7-6-8-13(18)15(12)21/h6-8,11,14,19,21H,9-10H2,1-5H3,(H,20,22). The maximum absolute atomic E-state index is 11.9. The molecule has 130 valence electrons. The normalized spacial score (nSPS) is 13.0. The number of phenolic OH excluding ortho intramolecular Hbond substituents is 1. The molecule has 1 atom stereocenters. The zero-order valence-corrected chi connectivity index (χ0v) is 15.2. The Bertz CT molecular complexity index is 527. The number of halogens is 1. The summed E-state index contributed by atoms with van der Waals surface area (Å²) >= 11 is 5.88. The van der Waals surface area contributed by atoms with E-state index in [1.165, 1.54) is 0 Å². The number of hydrogen-bond donors (Lipinski definition) is 3. The van der Waals surface area contributed by atoms with Crippen LogP contribution in [0.1, 0.15) is 40.2 Å². The number of benzene rings is 1. The first-order chi connectivity index (χ1) is 10.6. The fourth-order valence-corrected chi connectivity index (χ4v) is 2.17. The SMILES string of the molecule is CC(C)C(CNCc1cccc(Cl)c1O)NC(=O)OC(C)(C)C. The van der Waals surface area contributed by atoms with Crippen LogP contribution < -0.4 is 10.6 Å². The van der Waals surface area contributed by atoms with Crippen LogP contribution >= 0.6 is 11.6 Å². The maximum Gasteiger partial charge on any atom is 0.407 e. The van der Waals surface area contributed by atoms with Crippen molar-refractivity contribution in [1.29, 1.82) is 0 Å². The van der Waals surface area contributed by atoms with E-state index in [1.54, 1.807) is 18.2 Å². The van der Waals surface area contributed by atoms with Crippen LogP contribution in [-0.4, -0.2) is 29.4 Å².